The zero-order chi connectivity index (χ0) is 21.9. The molecular weight excluding hydrogens is 414 g/mol. The van der Waals surface area contributed by atoms with Crippen molar-refractivity contribution in [1.82, 2.24) is 9.62 Å². The number of sulfonamides is 1. The Morgan fingerprint density at radius 2 is 1.90 bits per heavy atom. The minimum Gasteiger partial charge on any atom is -0.453 e. The predicted molar refractivity (Wildman–Crippen MR) is 109 cm³/mol. The monoisotopic (exact) mass is 438 g/mol. The number of ether oxygens (including phenoxy) is 1. The molecule has 162 valence electrons. The molecule has 0 spiro atoms. The molecule has 6 nitrogen and oxygen atoms in total. The molecular formula is C21H24F2N2O4S. The van der Waals surface area contributed by atoms with Gasteiger partial charge in [0.05, 0.1) is 19.4 Å². The maximum absolute atomic E-state index is 13.6. The summed E-state index contributed by atoms with van der Waals surface area (Å²) in [6.07, 6.45) is 2.18. The summed E-state index contributed by atoms with van der Waals surface area (Å²) in [7, 11) is -2.18. The van der Waals surface area contributed by atoms with Crippen LogP contribution in [0, 0.1) is 11.6 Å². The van der Waals surface area contributed by atoms with Crippen molar-refractivity contribution in [3.8, 4) is 11.1 Å². The third-order valence-electron chi connectivity index (χ3n) is 5.18. The van der Waals surface area contributed by atoms with Gasteiger partial charge in [-0.2, -0.15) is 0 Å². The Morgan fingerprint density at radius 1 is 1.17 bits per heavy atom. The first-order valence-electron chi connectivity index (χ1n) is 9.54. The highest BCUT2D eigenvalue weighted by Crippen LogP contribution is 2.26. The molecule has 0 aromatic heterocycles. The first-order valence-corrected chi connectivity index (χ1v) is 11.4. The third kappa shape index (κ3) is 5.34. The van der Waals surface area contributed by atoms with Crippen LogP contribution in [0.2, 0.25) is 0 Å². The van der Waals surface area contributed by atoms with Crippen molar-refractivity contribution in [1.29, 1.82) is 0 Å². The number of hydrogen-bond acceptors (Lipinski definition) is 4. The molecule has 1 aliphatic rings. The number of piperidine rings is 1. The fourth-order valence-corrected chi connectivity index (χ4v) is 4.69. The van der Waals surface area contributed by atoms with Gasteiger partial charge in [-0.1, -0.05) is 30.3 Å². The first kappa shape index (κ1) is 22.2. The molecule has 30 heavy (non-hydrogen) atoms. The smallest absolute Gasteiger partial charge is 0.409 e. The van der Waals surface area contributed by atoms with E-state index >= 15 is 0 Å². The van der Waals surface area contributed by atoms with Crippen molar-refractivity contribution in [3.05, 3.63) is 59.7 Å². The van der Waals surface area contributed by atoms with Gasteiger partial charge in [-0.3, -0.25) is 0 Å². The molecule has 0 aliphatic carbocycles. The van der Waals surface area contributed by atoms with Crippen LogP contribution >= 0.6 is 0 Å². The van der Waals surface area contributed by atoms with E-state index in [1.165, 1.54) is 18.1 Å². The summed E-state index contributed by atoms with van der Waals surface area (Å²) >= 11 is 0. The fourth-order valence-electron chi connectivity index (χ4n) is 3.86. The second kappa shape index (κ2) is 9.09. The molecule has 3 rings (SSSR count). The van der Waals surface area contributed by atoms with Crippen LogP contribution < -0.4 is 4.72 Å². The lowest BCUT2D eigenvalue weighted by molar-refractivity contribution is 0.0792. The zero-order valence-electron chi connectivity index (χ0n) is 16.8. The summed E-state index contributed by atoms with van der Waals surface area (Å²) in [4.78, 5) is 13.8. The first-order chi connectivity index (χ1) is 14.2. The number of carbonyl (C=O) groups excluding carboxylic acids is 1. The van der Waals surface area contributed by atoms with E-state index < -0.39 is 39.8 Å². The molecule has 0 radical (unpaired) electrons. The van der Waals surface area contributed by atoms with E-state index in [1.807, 2.05) is 12.1 Å². The number of nitrogens with one attached hydrogen (secondary N) is 1. The van der Waals surface area contributed by atoms with Crippen LogP contribution in [0.5, 0.6) is 0 Å². The number of likely N-dealkylation sites (tertiary alicyclic amines) is 1. The minimum atomic E-state index is -3.47. The van der Waals surface area contributed by atoms with Crippen LogP contribution in [-0.2, 0) is 21.2 Å². The standard InChI is InChI=1S/C21H24F2N2O4S/c1-29-21(26)25-10-4-7-19(24-30(2,27)28)20(25)12-14-5-3-6-15(11-14)16-8-9-17(22)18(23)13-16/h3,5-6,8-9,11,13,19-20,24H,4,7,10,12H2,1-2H3/t19-,20-/m1/s1. The van der Waals surface area contributed by atoms with Crippen LogP contribution in [0.15, 0.2) is 42.5 Å². The van der Waals surface area contributed by atoms with Gasteiger partial charge in [0.1, 0.15) is 0 Å². The predicted octanol–water partition coefficient (Wildman–Crippen LogP) is 3.32. The number of nitrogens with zero attached hydrogens (tertiary/aromatic N) is 1. The molecule has 2 aromatic rings. The van der Waals surface area contributed by atoms with Gasteiger partial charge in [-0.25, -0.2) is 26.7 Å². The van der Waals surface area contributed by atoms with E-state index in [2.05, 4.69) is 4.72 Å². The molecule has 1 heterocycles. The maximum atomic E-state index is 13.6. The summed E-state index contributed by atoms with van der Waals surface area (Å²) in [6, 6.07) is 10.0. The summed E-state index contributed by atoms with van der Waals surface area (Å²) in [5.41, 5.74) is 2.05. The zero-order valence-corrected chi connectivity index (χ0v) is 17.6. The SMILES string of the molecule is COC(=O)N1CCC[C@@H](NS(C)(=O)=O)[C@H]1Cc1cccc(-c2ccc(F)c(F)c2)c1. The molecule has 0 bridgehead atoms. The second-order valence-corrected chi connectivity index (χ2v) is 9.18. The lowest BCUT2D eigenvalue weighted by Crippen LogP contribution is -2.57. The largest absolute Gasteiger partial charge is 0.453 e. The van der Waals surface area contributed by atoms with Crippen LogP contribution in [-0.4, -0.2) is 51.4 Å². The topological polar surface area (TPSA) is 75.7 Å². The lowest BCUT2D eigenvalue weighted by Gasteiger charge is -2.40. The number of methoxy groups -OCH3 is 1. The molecule has 1 N–H and O–H groups in total. The third-order valence-corrected chi connectivity index (χ3v) is 5.91. The van der Waals surface area contributed by atoms with Crippen molar-refractivity contribution < 1.29 is 26.7 Å². The Morgan fingerprint density at radius 3 is 2.57 bits per heavy atom. The van der Waals surface area contributed by atoms with Gasteiger partial charge >= 0.3 is 6.09 Å². The number of benzene rings is 2. The average Bonchev–Trinajstić information content (AvgIpc) is 2.70. The summed E-state index contributed by atoms with van der Waals surface area (Å²) in [5.74, 6) is -1.85. The molecule has 0 saturated carbocycles. The molecule has 1 aliphatic heterocycles. The second-order valence-electron chi connectivity index (χ2n) is 7.40. The Labute approximate surface area is 174 Å². The van der Waals surface area contributed by atoms with Crippen LogP contribution in [0.25, 0.3) is 11.1 Å². The lowest BCUT2D eigenvalue weighted by atomic mass is 9.90. The van der Waals surface area contributed by atoms with Crippen LogP contribution in [0.3, 0.4) is 0 Å². The Hall–Kier alpha value is -2.52. The molecule has 0 unspecified atom stereocenters. The van der Waals surface area contributed by atoms with E-state index in [0.29, 0.717) is 36.9 Å². The quantitative estimate of drug-likeness (QED) is 0.777. The minimum absolute atomic E-state index is 0.375. The number of rotatable bonds is 5. The van der Waals surface area contributed by atoms with E-state index in [9.17, 15) is 22.0 Å². The van der Waals surface area contributed by atoms with Gasteiger partial charge in [0.15, 0.2) is 11.6 Å². The number of amides is 1. The van der Waals surface area contributed by atoms with Crippen LogP contribution in [0.4, 0.5) is 13.6 Å². The van der Waals surface area contributed by atoms with Gasteiger partial charge in [0.2, 0.25) is 10.0 Å². The van der Waals surface area contributed by atoms with Crippen molar-refractivity contribution in [3.63, 3.8) is 0 Å². The van der Waals surface area contributed by atoms with Gasteiger partial charge in [-0.05, 0) is 48.1 Å². The number of halogens is 2. The highest BCUT2D eigenvalue weighted by molar-refractivity contribution is 7.88. The van der Waals surface area contributed by atoms with E-state index in [0.717, 1.165) is 24.0 Å². The normalized spacial score (nSPS) is 19.5. The van der Waals surface area contributed by atoms with Crippen molar-refractivity contribution in [2.75, 3.05) is 19.9 Å². The van der Waals surface area contributed by atoms with E-state index in [4.69, 9.17) is 4.74 Å². The van der Waals surface area contributed by atoms with Crippen molar-refractivity contribution in [2.45, 2.75) is 31.3 Å². The molecule has 2 atom stereocenters. The highest BCUT2D eigenvalue weighted by Gasteiger charge is 2.36. The maximum Gasteiger partial charge on any atom is 0.409 e. The van der Waals surface area contributed by atoms with Gasteiger partial charge in [0.25, 0.3) is 0 Å². The molecule has 9 heteroatoms. The Balaban J connectivity index is 1.91. The molecule has 1 fully saturated rings. The summed E-state index contributed by atoms with van der Waals surface area (Å²) < 4.78 is 58.1. The van der Waals surface area contributed by atoms with Gasteiger partial charge < -0.3 is 9.64 Å². The number of carbonyl (C=O) groups is 1. The Bertz CT molecular complexity index is 1030. The molecule has 1 amide bonds. The Kier molecular flexibility index (Phi) is 6.72. The van der Waals surface area contributed by atoms with Crippen molar-refractivity contribution in [2.24, 2.45) is 0 Å². The average molecular weight is 438 g/mol. The van der Waals surface area contributed by atoms with E-state index in [1.54, 1.807) is 12.1 Å². The summed E-state index contributed by atoms with van der Waals surface area (Å²) in [5, 5.41) is 0. The van der Waals surface area contributed by atoms with E-state index in [-0.39, 0.29) is 0 Å². The van der Waals surface area contributed by atoms with Crippen LogP contribution in [0.1, 0.15) is 18.4 Å². The highest BCUT2D eigenvalue weighted by atomic mass is 32.2. The van der Waals surface area contributed by atoms with Gasteiger partial charge in [0, 0.05) is 12.6 Å². The van der Waals surface area contributed by atoms with Gasteiger partial charge in [-0.15, -0.1) is 0 Å². The fraction of sp³-hybridized carbons (Fsp3) is 0.381. The number of hydrogen-bond donors (Lipinski definition) is 1. The summed E-state index contributed by atoms with van der Waals surface area (Å²) in [6.45, 7) is 0.460. The van der Waals surface area contributed by atoms with Crippen molar-refractivity contribution >= 4 is 16.1 Å². The molecule has 1 saturated heterocycles. The molecule has 2 aromatic carbocycles.